The number of carbonyl (C=O) groups excluding carboxylic acids is 1. The van der Waals surface area contributed by atoms with Crippen molar-refractivity contribution in [2.45, 2.75) is 39.2 Å². The van der Waals surface area contributed by atoms with Gasteiger partial charge in [0.05, 0.1) is 5.69 Å². The summed E-state index contributed by atoms with van der Waals surface area (Å²) in [5, 5.41) is 16.0. The van der Waals surface area contributed by atoms with E-state index in [9.17, 15) is 9.90 Å². The smallest absolute Gasteiger partial charge is 0.321 e. The van der Waals surface area contributed by atoms with E-state index < -0.39 is 0 Å². The number of amides is 2. The highest BCUT2D eigenvalue weighted by molar-refractivity contribution is 7.15. The molecule has 2 aliphatic rings. The monoisotopic (exact) mass is 295 g/mol. The molecule has 0 aromatic carbocycles. The molecule has 20 heavy (non-hydrogen) atoms. The molecule has 2 amide bonds. The summed E-state index contributed by atoms with van der Waals surface area (Å²) in [6, 6.07) is -0.0874. The fourth-order valence-corrected chi connectivity index (χ4v) is 4.52. The molecule has 1 aromatic rings. The molecule has 2 fully saturated rings. The van der Waals surface area contributed by atoms with Crippen LogP contribution in [-0.2, 0) is 0 Å². The highest BCUT2D eigenvalue weighted by Crippen LogP contribution is 2.48. The van der Waals surface area contributed by atoms with Crippen molar-refractivity contribution in [1.82, 2.24) is 10.3 Å². The number of nitrogens with one attached hydrogen (secondary N) is 2. The first-order chi connectivity index (χ1) is 9.58. The summed E-state index contributed by atoms with van der Waals surface area (Å²) in [6.07, 6.45) is 3.51. The number of aromatic nitrogens is 1. The Bertz CT molecular complexity index is 497. The summed E-state index contributed by atoms with van der Waals surface area (Å²) in [5.74, 6) is 1.33. The summed E-state index contributed by atoms with van der Waals surface area (Å²) in [5.41, 5.74) is 0.957. The lowest BCUT2D eigenvalue weighted by Crippen LogP contribution is -2.46. The second-order valence-corrected chi connectivity index (χ2v) is 7.17. The van der Waals surface area contributed by atoms with Crippen molar-refractivity contribution in [1.29, 1.82) is 0 Å². The second kappa shape index (κ2) is 5.33. The first kappa shape index (κ1) is 13.8. The van der Waals surface area contributed by atoms with Crippen LogP contribution in [0.1, 0.15) is 29.8 Å². The Hall–Kier alpha value is -1.14. The Kier molecular flexibility index (Phi) is 3.69. The third kappa shape index (κ3) is 2.42. The summed E-state index contributed by atoms with van der Waals surface area (Å²) in [7, 11) is 0. The van der Waals surface area contributed by atoms with Crippen LogP contribution in [0.3, 0.4) is 0 Å². The minimum absolute atomic E-state index is 0.112. The van der Waals surface area contributed by atoms with E-state index in [0.29, 0.717) is 17.0 Å². The molecule has 1 aromatic heterocycles. The molecule has 110 valence electrons. The number of anilines is 1. The number of carbonyl (C=O) groups is 1. The molecule has 1 heterocycles. The summed E-state index contributed by atoms with van der Waals surface area (Å²) in [6.45, 7) is 4.10. The van der Waals surface area contributed by atoms with Crippen LogP contribution in [0.2, 0.25) is 0 Å². The van der Waals surface area contributed by atoms with Gasteiger partial charge < -0.3 is 10.4 Å². The number of aliphatic hydroxyl groups excluding tert-OH is 1. The minimum atomic E-state index is -0.199. The molecule has 3 N–H and O–H groups in total. The van der Waals surface area contributed by atoms with Gasteiger partial charge in [-0.25, -0.2) is 9.78 Å². The Morgan fingerprint density at radius 1 is 1.40 bits per heavy atom. The number of fused-ring (bicyclic) bond motifs is 2. The van der Waals surface area contributed by atoms with E-state index in [1.54, 1.807) is 0 Å². The van der Waals surface area contributed by atoms with Gasteiger partial charge in [-0.3, -0.25) is 5.32 Å². The zero-order valence-electron chi connectivity index (χ0n) is 11.8. The van der Waals surface area contributed by atoms with Gasteiger partial charge in [-0.1, -0.05) is 0 Å². The molecule has 4 atom stereocenters. The lowest BCUT2D eigenvalue weighted by molar-refractivity contribution is 0.146. The third-order valence-corrected chi connectivity index (χ3v) is 5.83. The van der Waals surface area contributed by atoms with Crippen LogP contribution in [0.15, 0.2) is 0 Å². The molecular formula is C14H21N3O2S. The Labute approximate surface area is 122 Å². The van der Waals surface area contributed by atoms with Crippen molar-refractivity contribution >= 4 is 22.5 Å². The molecular weight excluding hydrogens is 274 g/mol. The summed E-state index contributed by atoms with van der Waals surface area (Å²) in [4.78, 5) is 17.5. The number of aliphatic hydroxyl groups is 1. The normalized spacial score (nSPS) is 31.6. The van der Waals surface area contributed by atoms with Crippen LogP contribution in [0.4, 0.5) is 9.93 Å². The van der Waals surface area contributed by atoms with Gasteiger partial charge in [0.15, 0.2) is 5.13 Å². The standard InChI is InChI=1S/C14H21N3O2S/c1-7-8(2)20-14(15-7)17-13(19)16-12-10-4-3-9(5-10)11(12)6-18/h9-12,18H,3-6H2,1-2H3,(H2,15,16,17,19). The van der Waals surface area contributed by atoms with Crippen molar-refractivity contribution in [2.75, 3.05) is 11.9 Å². The van der Waals surface area contributed by atoms with Crippen LogP contribution >= 0.6 is 11.3 Å². The lowest BCUT2D eigenvalue weighted by Gasteiger charge is -2.30. The average molecular weight is 295 g/mol. The van der Waals surface area contributed by atoms with Gasteiger partial charge in [-0.05, 0) is 44.9 Å². The van der Waals surface area contributed by atoms with Gasteiger partial charge >= 0.3 is 6.03 Å². The molecule has 0 aliphatic heterocycles. The molecule has 2 saturated carbocycles. The van der Waals surface area contributed by atoms with E-state index in [4.69, 9.17) is 0 Å². The number of aryl methyl sites for hydroxylation is 2. The van der Waals surface area contributed by atoms with Crippen LogP contribution in [0.5, 0.6) is 0 Å². The number of hydrogen-bond acceptors (Lipinski definition) is 4. The van der Waals surface area contributed by atoms with Gasteiger partial charge in [-0.15, -0.1) is 11.3 Å². The largest absolute Gasteiger partial charge is 0.396 e. The van der Waals surface area contributed by atoms with Crippen molar-refractivity contribution in [3.8, 4) is 0 Å². The zero-order valence-corrected chi connectivity index (χ0v) is 12.7. The second-order valence-electron chi connectivity index (χ2n) is 5.96. The maximum atomic E-state index is 12.1. The first-order valence-corrected chi connectivity index (χ1v) is 8.02. The predicted octanol–water partition coefficient (Wildman–Crippen LogP) is 2.29. The van der Waals surface area contributed by atoms with Gasteiger partial charge in [0, 0.05) is 23.4 Å². The molecule has 5 nitrogen and oxygen atoms in total. The number of hydrogen-bond donors (Lipinski definition) is 3. The average Bonchev–Trinajstić information content (AvgIpc) is 3.05. The molecule has 3 rings (SSSR count). The fourth-order valence-electron chi connectivity index (χ4n) is 3.71. The Morgan fingerprint density at radius 2 is 2.15 bits per heavy atom. The molecule has 0 spiro atoms. The van der Waals surface area contributed by atoms with Crippen molar-refractivity contribution in [2.24, 2.45) is 17.8 Å². The Balaban J connectivity index is 1.61. The highest BCUT2D eigenvalue weighted by Gasteiger charge is 2.47. The predicted molar refractivity (Wildman–Crippen MR) is 78.9 cm³/mol. The van der Waals surface area contributed by atoms with Crippen LogP contribution < -0.4 is 10.6 Å². The van der Waals surface area contributed by atoms with Gasteiger partial charge in [0.25, 0.3) is 0 Å². The van der Waals surface area contributed by atoms with Crippen molar-refractivity contribution in [3.63, 3.8) is 0 Å². The molecule has 2 aliphatic carbocycles. The van der Waals surface area contributed by atoms with E-state index in [1.165, 1.54) is 24.2 Å². The highest BCUT2D eigenvalue weighted by atomic mass is 32.1. The summed E-state index contributed by atoms with van der Waals surface area (Å²) >= 11 is 1.49. The topological polar surface area (TPSA) is 74.2 Å². The SMILES string of the molecule is Cc1nc(NC(=O)NC2C3CCC(C3)C2CO)sc1C. The quantitative estimate of drug-likeness (QED) is 0.801. The summed E-state index contributed by atoms with van der Waals surface area (Å²) < 4.78 is 0. The Morgan fingerprint density at radius 3 is 2.80 bits per heavy atom. The maximum Gasteiger partial charge on any atom is 0.321 e. The molecule has 0 saturated heterocycles. The molecule has 0 radical (unpaired) electrons. The van der Waals surface area contributed by atoms with Crippen molar-refractivity contribution < 1.29 is 9.90 Å². The first-order valence-electron chi connectivity index (χ1n) is 7.21. The lowest BCUT2D eigenvalue weighted by atomic mass is 9.85. The van der Waals surface area contributed by atoms with Gasteiger partial charge in [-0.2, -0.15) is 0 Å². The van der Waals surface area contributed by atoms with E-state index in [0.717, 1.165) is 17.0 Å². The van der Waals surface area contributed by atoms with Crippen molar-refractivity contribution in [3.05, 3.63) is 10.6 Å². The number of rotatable bonds is 3. The van der Waals surface area contributed by atoms with E-state index >= 15 is 0 Å². The van der Waals surface area contributed by atoms with E-state index in [1.807, 2.05) is 13.8 Å². The van der Waals surface area contributed by atoms with Crippen LogP contribution in [0.25, 0.3) is 0 Å². The van der Waals surface area contributed by atoms with E-state index in [2.05, 4.69) is 15.6 Å². The van der Waals surface area contributed by atoms with Gasteiger partial charge in [0.1, 0.15) is 0 Å². The fraction of sp³-hybridized carbons (Fsp3) is 0.714. The van der Waals surface area contributed by atoms with E-state index in [-0.39, 0.29) is 24.6 Å². The van der Waals surface area contributed by atoms with Crippen LogP contribution in [0, 0.1) is 31.6 Å². The maximum absolute atomic E-state index is 12.1. The molecule has 6 heteroatoms. The number of thiazole rings is 1. The van der Waals surface area contributed by atoms with Crippen LogP contribution in [-0.4, -0.2) is 28.8 Å². The third-order valence-electron chi connectivity index (χ3n) is 4.85. The minimum Gasteiger partial charge on any atom is -0.396 e. The number of urea groups is 1. The molecule has 2 bridgehead atoms. The zero-order chi connectivity index (χ0) is 14.3. The van der Waals surface area contributed by atoms with Gasteiger partial charge in [0.2, 0.25) is 0 Å². The number of nitrogens with zero attached hydrogens (tertiary/aromatic N) is 1. The molecule has 4 unspecified atom stereocenters.